The minimum atomic E-state index is -0.362. The first-order valence-corrected chi connectivity index (χ1v) is 7.56. The normalized spacial score (nSPS) is 10.8. The number of carbonyl (C=O) groups excluding carboxylic acids is 1. The molecule has 3 N–H and O–H groups in total. The van der Waals surface area contributed by atoms with E-state index in [1.54, 1.807) is 18.2 Å². The van der Waals surface area contributed by atoms with Crippen molar-refractivity contribution in [1.29, 1.82) is 0 Å². The molecule has 24 heavy (non-hydrogen) atoms. The van der Waals surface area contributed by atoms with Crippen molar-refractivity contribution >= 4 is 11.9 Å². The summed E-state index contributed by atoms with van der Waals surface area (Å²) in [4.78, 5) is 12.3. The van der Waals surface area contributed by atoms with E-state index >= 15 is 0 Å². The molecule has 0 fully saturated rings. The van der Waals surface area contributed by atoms with Crippen LogP contribution in [0, 0.1) is 0 Å². The summed E-state index contributed by atoms with van der Waals surface area (Å²) in [5, 5.41) is 29.1. The van der Waals surface area contributed by atoms with Crippen LogP contribution in [0.5, 0.6) is 17.2 Å². The Hall–Kier alpha value is -3.01. The quantitative estimate of drug-likeness (QED) is 0.437. The first-order chi connectivity index (χ1) is 11.4. The van der Waals surface area contributed by atoms with Crippen LogP contribution in [0.15, 0.2) is 54.1 Å². The number of benzene rings is 2. The zero-order valence-electron chi connectivity index (χ0n) is 13.7. The molecule has 0 amide bonds. The van der Waals surface area contributed by atoms with Crippen LogP contribution in [0.4, 0.5) is 0 Å². The molecule has 0 aliphatic rings. The van der Waals surface area contributed by atoms with Gasteiger partial charge in [-0.3, -0.25) is 4.79 Å². The number of ketones is 1. The van der Waals surface area contributed by atoms with Crippen LogP contribution >= 0.6 is 0 Å². The molecule has 2 aromatic carbocycles. The fourth-order valence-corrected chi connectivity index (χ4v) is 2.14. The minimum absolute atomic E-state index is 0.0379. The van der Waals surface area contributed by atoms with E-state index in [0.717, 1.165) is 11.1 Å². The Morgan fingerprint density at radius 1 is 1.00 bits per heavy atom. The van der Waals surface area contributed by atoms with Crippen molar-refractivity contribution in [3.63, 3.8) is 0 Å². The van der Waals surface area contributed by atoms with Gasteiger partial charge in [-0.05, 0) is 55.7 Å². The Bertz CT molecular complexity index is 795. The van der Waals surface area contributed by atoms with E-state index in [1.165, 1.54) is 30.3 Å². The van der Waals surface area contributed by atoms with Gasteiger partial charge in [0, 0.05) is 6.07 Å². The molecule has 124 valence electrons. The lowest BCUT2D eigenvalue weighted by molar-refractivity contribution is 0.104. The number of allylic oxidation sites excluding steroid dienone is 3. The topological polar surface area (TPSA) is 77.8 Å². The number of phenols is 3. The Morgan fingerprint density at radius 3 is 2.29 bits per heavy atom. The number of phenolic OH excluding ortho intramolecular Hbond substituents is 3. The number of hydrogen-bond acceptors (Lipinski definition) is 4. The van der Waals surface area contributed by atoms with E-state index in [2.05, 4.69) is 0 Å². The summed E-state index contributed by atoms with van der Waals surface area (Å²) in [6.45, 7) is 3.90. The fraction of sp³-hybridized carbons (Fsp3) is 0.150. The third kappa shape index (κ3) is 4.49. The SMILES string of the molecule is CC(C)=CCc1cc(C(=O)/C=C/c2ccc(O)cc2)c(O)cc1O. The third-order valence-electron chi connectivity index (χ3n) is 3.51. The Labute approximate surface area is 141 Å². The highest BCUT2D eigenvalue weighted by molar-refractivity contribution is 6.08. The van der Waals surface area contributed by atoms with Gasteiger partial charge in [-0.15, -0.1) is 0 Å². The van der Waals surface area contributed by atoms with Crippen LogP contribution in [-0.4, -0.2) is 21.1 Å². The van der Waals surface area contributed by atoms with Gasteiger partial charge in [0.1, 0.15) is 17.2 Å². The van der Waals surface area contributed by atoms with Crippen molar-refractivity contribution in [3.05, 3.63) is 70.8 Å². The van der Waals surface area contributed by atoms with E-state index in [4.69, 9.17) is 0 Å². The highest BCUT2D eigenvalue weighted by Gasteiger charge is 2.13. The van der Waals surface area contributed by atoms with Crippen LogP contribution in [0.3, 0.4) is 0 Å². The summed E-state index contributed by atoms with van der Waals surface area (Å²) in [5.74, 6) is -0.504. The molecule has 0 bridgehead atoms. The van der Waals surface area contributed by atoms with E-state index in [-0.39, 0.29) is 28.6 Å². The molecule has 4 nitrogen and oxygen atoms in total. The molecule has 2 rings (SSSR count). The van der Waals surface area contributed by atoms with Gasteiger partial charge in [0.25, 0.3) is 0 Å². The molecule has 2 aromatic rings. The van der Waals surface area contributed by atoms with Crippen molar-refractivity contribution in [2.24, 2.45) is 0 Å². The summed E-state index contributed by atoms with van der Waals surface area (Å²) in [6.07, 6.45) is 5.37. The van der Waals surface area contributed by atoms with Crippen LogP contribution < -0.4 is 0 Å². The molecular formula is C20H20O4. The molecule has 0 saturated carbocycles. The Kier molecular flexibility index (Phi) is 5.42. The zero-order valence-corrected chi connectivity index (χ0v) is 13.7. The predicted octanol–water partition coefficient (Wildman–Crippen LogP) is 4.21. The van der Waals surface area contributed by atoms with E-state index in [1.807, 2.05) is 19.9 Å². The van der Waals surface area contributed by atoms with Gasteiger partial charge in [0.05, 0.1) is 5.56 Å². The maximum Gasteiger partial charge on any atom is 0.189 e. The minimum Gasteiger partial charge on any atom is -0.508 e. The average Bonchev–Trinajstić information content (AvgIpc) is 2.53. The Morgan fingerprint density at radius 2 is 1.67 bits per heavy atom. The largest absolute Gasteiger partial charge is 0.508 e. The van der Waals surface area contributed by atoms with Crippen molar-refractivity contribution in [2.75, 3.05) is 0 Å². The molecule has 0 radical (unpaired) electrons. The van der Waals surface area contributed by atoms with Crippen LogP contribution in [-0.2, 0) is 6.42 Å². The number of hydrogen-bond donors (Lipinski definition) is 3. The maximum absolute atomic E-state index is 12.3. The second-order valence-electron chi connectivity index (χ2n) is 5.77. The van der Waals surface area contributed by atoms with Crippen LogP contribution in [0.2, 0.25) is 0 Å². The number of aromatic hydroxyl groups is 3. The van der Waals surface area contributed by atoms with Crippen molar-refractivity contribution in [2.45, 2.75) is 20.3 Å². The maximum atomic E-state index is 12.3. The third-order valence-corrected chi connectivity index (χ3v) is 3.51. The molecule has 4 heteroatoms. The summed E-state index contributed by atoms with van der Waals surface area (Å²) >= 11 is 0. The van der Waals surface area contributed by atoms with Gasteiger partial charge in [-0.1, -0.05) is 29.9 Å². The summed E-state index contributed by atoms with van der Waals surface area (Å²) in [7, 11) is 0. The highest BCUT2D eigenvalue weighted by Crippen LogP contribution is 2.29. The van der Waals surface area contributed by atoms with Gasteiger partial charge in [-0.25, -0.2) is 0 Å². The molecule has 0 aliphatic heterocycles. The van der Waals surface area contributed by atoms with Crippen molar-refractivity contribution in [3.8, 4) is 17.2 Å². The highest BCUT2D eigenvalue weighted by atomic mass is 16.3. The lowest BCUT2D eigenvalue weighted by atomic mass is 10.0. The molecule has 0 unspecified atom stereocenters. The Balaban J connectivity index is 2.26. The number of carbonyl (C=O) groups is 1. The van der Waals surface area contributed by atoms with Gasteiger partial charge < -0.3 is 15.3 Å². The van der Waals surface area contributed by atoms with Gasteiger partial charge in [0.15, 0.2) is 5.78 Å². The van der Waals surface area contributed by atoms with Crippen molar-refractivity contribution < 1.29 is 20.1 Å². The fourth-order valence-electron chi connectivity index (χ4n) is 2.14. The van der Waals surface area contributed by atoms with Gasteiger partial charge in [-0.2, -0.15) is 0 Å². The molecular weight excluding hydrogens is 304 g/mol. The zero-order chi connectivity index (χ0) is 17.7. The second-order valence-corrected chi connectivity index (χ2v) is 5.77. The summed E-state index contributed by atoms with van der Waals surface area (Å²) < 4.78 is 0. The summed E-state index contributed by atoms with van der Waals surface area (Å²) in [6, 6.07) is 9.11. The smallest absolute Gasteiger partial charge is 0.189 e. The molecule has 0 atom stereocenters. The second kappa shape index (κ2) is 7.51. The monoisotopic (exact) mass is 324 g/mol. The van der Waals surface area contributed by atoms with Crippen LogP contribution in [0.1, 0.15) is 35.3 Å². The molecule has 0 spiro atoms. The lowest BCUT2D eigenvalue weighted by Crippen LogP contribution is -1.97. The molecule has 0 saturated heterocycles. The van der Waals surface area contributed by atoms with E-state index in [9.17, 15) is 20.1 Å². The number of rotatable bonds is 5. The first-order valence-electron chi connectivity index (χ1n) is 7.56. The van der Waals surface area contributed by atoms with Gasteiger partial charge >= 0.3 is 0 Å². The van der Waals surface area contributed by atoms with Crippen LogP contribution in [0.25, 0.3) is 6.08 Å². The predicted molar refractivity (Wildman–Crippen MR) is 94.4 cm³/mol. The van der Waals surface area contributed by atoms with E-state index < -0.39 is 0 Å². The van der Waals surface area contributed by atoms with Crippen molar-refractivity contribution in [1.82, 2.24) is 0 Å². The molecule has 0 aromatic heterocycles. The standard InChI is InChI=1S/C20H20O4/c1-13(2)3-7-15-11-17(20(24)12-19(15)23)18(22)10-6-14-4-8-16(21)9-5-14/h3-6,8-12,21,23-24H,7H2,1-2H3/b10-6+. The molecule has 0 aliphatic carbocycles. The average molecular weight is 324 g/mol. The molecule has 0 heterocycles. The first kappa shape index (κ1) is 17.3. The van der Waals surface area contributed by atoms with E-state index in [0.29, 0.717) is 12.0 Å². The van der Waals surface area contributed by atoms with Gasteiger partial charge in [0.2, 0.25) is 0 Å². The summed E-state index contributed by atoms with van der Waals surface area (Å²) in [5.41, 5.74) is 2.57. The lowest BCUT2D eigenvalue weighted by Gasteiger charge is -2.07.